The molecule has 0 saturated carbocycles. The van der Waals surface area contributed by atoms with Crippen molar-refractivity contribution in [2.24, 2.45) is 5.73 Å². The molecule has 1 saturated heterocycles. The van der Waals surface area contributed by atoms with Crippen molar-refractivity contribution in [1.29, 1.82) is 5.41 Å². The summed E-state index contributed by atoms with van der Waals surface area (Å²) in [6, 6.07) is 12.9. The molecule has 0 radical (unpaired) electrons. The van der Waals surface area contributed by atoms with E-state index in [0.29, 0.717) is 23.8 Å². The van der Waals surface area contributed by atoms with Gasteiger partial charge < -0.3 is 31.9 Å². The van der Waals surface area contributed by atoms with Crippen LogP contribution in [0.2, 0.25) is 0 Å². The zero-order valence-electron chi connectivity index (χ0n) is 22.4. The lowest BCUT2D eigenvalue weighted by Gasteiger charge is -2.30. The van der Waals surface area contributed by atoms with Gasteiger partial charge in [-0.2, -0.15) is 26.3 Å². The molecule has 0 aliphatic carbocycles. The van der Waals surface area contributed by atoms with Gasteiger partial charge >= 0.3 is 24.3 Å². The fraction of sp³-hybridized carbons (Fsp3) is 0.400. The van der Waals surface area contributed by atoms with Crippen LogP contribution in [0, 0.1) is 5.41 Å². The summed E-state index contributed by atoms with van der Waals surface area (Å²) in [4.78, 5) is 44.4. The summed E-state index contributed by atoms with van der Waals surface area (Å²) >= 11 is 1.37. The van der Waals surface area contributed by atoms with Gasteiger partial charge in [0, 0.05) is 4.88 Å². The number of carboxylic acid groups (broad SMARTS) is 2. The molecule has 43 heavy (non-hydrogen) atoms. The molecular formula is C25H29F6N5O6S. The minimum atomic E-state index is -5.08. The van der Waals surface area contributed by atoms with Gasteiger partial charge in [-0.15, -0.1) is 11.3 Å². The molecule has 238 valence electrons. The minimum Gasteiger partial charge on any atom is -0.475 e. The number of hydrogen-bond donors (Lipinski definition) is 7. The second-order valence-corrected chi connectivity index (χ2v) is 10.0. The van der Waals surface area contributed by atoms with Crippen LogP contribution in [0.15, 0.2) is 42.5 Å². The van der Waals surface area contributed by atoms with Crippen molar-refractivity contribution in [1.82, 2.24) is 16.0 Å². The average Bonchev–Trinajstić information content (AvgIpc) is 3.41. The maximum absolute atomic E-state index is 12.7. The van der Waals surface area contributed by atoms with Crippen LogP contribution >= 0.6 is 11.3 Å². The third kappa shape index (κ3) is 13.6. The number of benzene rings is 1. The van der Waals surface area contributed by atoms with E-state index in [0.717, 1.165) is 17.8 Å². The van der Waals surface area contributed by atoms with Crippen LogP contribution in [0.1, 0.15) is 41.0 Å². The summed E-state index contributed by atoms with van der Waals surface area (Å²) in [5, 5.41) is 30.6. The molecule has 3 rings (SSSR count). The normalized spacial score (nSPS) is 17.1. The Hall–Kier alpha value is -4.19. The van der Waals surface area contributed by atoms with Gasteiger partial charge in [-0.05, 0) is 49.9 Å². The number of piperidine rings is 1. The first-order chi connectivity index (χ1) is 19.8. The number of rotatable bonds is 7. The Kier molecular flexibility index (Phi) is 14.1. The van der Waals surface area contributed by atoms with Crippen LogP contribution in [0.4, 0.5) is 26.3 Å². The fourth-order valence-electron chi connectivity index (χ4n) is 3.47. The SMILES string of the molecule is C[C@H](NC(=O)[C@H]1C[C@@H](c2ccccc2)CCN1)C(=O)NCc1ccc(C(=N)N)s1.O=C(O)C(F)(F)F.O=C(O)C(F)(F)F. The van der Waals surface area contributed by atoms with Gasteiger partial charge in [-0.25, -0.2) is 9.59 Å². The van der Waals surface area contributed by atoms with Crippen molar-refractivity contribution in [2.75, 3.05) is 6.54 Å². The van der Waals surface area contributed by atoms with Gasteiger partial charge in [-0.1, -0.05) is 30.3 Å². The van der Waals surface area contributed by atoms with Crippen LogP contribution in [0.5, 0.6) is 0 Å². The first-order valence-electron chi connectivity index (χ1n) is 12.2. The number of nitrogen functional groups attached to an aromatic ring is 1. The first kappa shape index (κ1) is 36.8. The number of thiophene rings is 1. The topological polar surface area (TPSA) is 195 Å². The Morgan fingerprint density at radius 2 is 1.56 bits per heavy atom. The fourth-order valence-corrected chi connectivity index (χ4v) is 4.28. The van der Waals surface area contributed by atoms with Gasteiger partial charge in [0.1, 0.15) is 11.9 Å². The quantitative estimate of drug-likeness (QED) is 0.136. The zero-order valence-corrected chi connectivity index (χ0v) is 23.2. The van der Waals surface area contributed by atoms with Gasteiger partial charge in [0.25, 0.3) is 0 Å². The first-order valence-corrected chi connectivity index (χ1v) is 13.0. The number of halogens is 6. The Bertz CT molecular complexity index is 1230. The molecular weight excluding hydrogens is 612 g/mol. The molecule has 2 heterocycles. The van der Waals surface area contributed by atoms with Crippen molar-refractivity contribution < 1.29 is 55.7 Å². The molecule has 1 aliphatic heterocycles. The second-order valence-electron chi connectivity index (χ2n) is 8.87. The van der Waals surface area contributed by atoms with Gasteiger partial charge in [0.2, 0.25) is 11.8 Å². The van der Waals surface area contributed by atoms with E-state index in [2.05, 4.69) is 28.1 Å². The van der Waals surface area contributed by atoms with E-state index in [1.54, 1.807) is 13.0 Å². The molecule has 18 heteroatoms. The van der Waals surface area contributed by atoms with Crippen LogP contribution in [0.3, 0.4) is 0 Å². The average molecular weight is 642 g/mol. The Labute approximate surface area is 245 Å². The van der Waals surface area contributed by atoms with E-state index in [4.69, 9.17) is 30.9 Å². The smallest absolute Gasteiger partial charge is 0.475 e. The lowest BCUT2D eigenvalue weighted by Crippen LogP contribution is -2.53. The lowest BCUT2D eigenvalue weighted by molar-refractivity contribution is -0.193. The molecule has 3 atom stereocenters. The van der Waals surface area contributed by atoms with Crippen LogP contribution < -0.4 is 21.7 Å². The van der Waals surface area contributed by atoms with Crippen molar-refractivity contribution in [2.45, 2.75) is 56.7 Å². The monoisotopic (exact) mass is 641 g/mol. The van der Waals surface area contributed by atoms with Crippen LogP contribution in [-0.2, 0) is 25.7 Å². The van der Waals surface area contributed by atoms with E-state index in [-0.39, 0.29) is 23.7 Å². The molecule has 0 spiro atoms. The highest BCUT2D eigenvalue weighted by Crippen LogP contribution is 2.27. The molecule has 0 unspecified atom stereocenters. The lowest BCUT2D eigenvalue weighted by atomic mass is 9.86. The third-order valence-electron chi connectivity index (χ3n) is 5.59. The van der Waals surface area contributed by atoms with Gasteiger partial charge in [-0.3, -0.25) is 15.0 Å². The number of carboxylic acids is 2. The van der Waals surface area contributed by atoms with Crippen molar-refractivity contribution >= 4 is 40.9 Å². The molecule has 1 aromatic carbocycles. The summed E-state index contributed by atoms with van der Waals surface area (Å²) < 4.78 is 63.5. The molecule has 2 aromatic rings. The predicted molar refractivity (Wildman–Crippen MR) is 142 cm³/mol. The number of amides is 2. The maximum Gasteiger partial charge on any atom is 0.490 e. The Morgan fingerprint density at radius 3 is 2.02 bits per heavy atom. The van der Waals surface area contributed by atoms with Gasteiger partial charge in [0.05, 0.1) is 17.5 Å². The van der Waals surface area contributed by atoms with E-state index < -0.39 is 30.3 Å². The van der Waals surface area contributed by atoms with Crippen molar-refractivity contribution in [3.63, 3.8) is 0 Å². The second kappa shape index (κ2) is 16.4. The maximum atomic E-state index is 12.7. The van der Waals surface area contributed by atoms with Crippen molar-refractivity contribution in [3.8, 4) is 0 Å². The highest BCUT2D eigenvalue weighted by atomic mass is 32.1. The molecule has 1 fully saturated rings. The largest absolute Gasteiger partial charge is 0.490 e. The summed E-state index contributed by atoms with van der Waals surface area (Å²) in [6.45, 7) is 2.80. The third-order valence-corrected chi connectivity index (χ3v) is 6.71. The zero-order chi connectivity index (χ0) is 33.0. The number of nitrogens with two attached hydrogens (primary N) is 1. The Morgan fingerprint density at radius 1 is 1.02 bits per heavy atom. The van der Waals surface area contributed by atoms with Crippen LogP contribution in [0.25, 0.3) is 0 Å². The predicted octanol–water partition coefficient (Wildman–Crippen LogP) is 2.96. The van der Waals surface area contributed by atoms with Crippen molar-refractivity contribution in [3.05, 3.63) is 57.8 Å². The number of alkyl halides is 6. The number of amidine groups is 1. The van der Waals surface area contributed by atoms with Gasteiger partial charge in [0.15, 0.2) is 0 Å². The number of hydrogen-bond acceptors (Lipinski definition) is 7. The molecule has 1 aliphatic rings. The highest BCUT2D eigenvalue weighted by Gasteiger charge is 2.39. The number of aliphatic carboxylic acids is 2. The summed E-state index contributed by atoms with van der Waals surface area (Å²) in [6.07, 6.45) is -8.46. The summed E-state index contributed by atoms with van der Waals surface area (Å²) in [5.74, 6) is -5.55. The highest BCUT2D eigenvalue weighted by molar-refractivity contribution is 7.14. The van der Waals surface area contributed by atoms with Crippen LogP contribution in [-0.4, -0.2) is 70.8 Å². The van der Waals surface area contributed by atoms with E-state index in [1.165, 1.54) is 16.9 Å². The number of carbonyl (C=O) groups excluding carboxylic acids is 2. The molecule has 0 bridgehead atoms. The molecule has 2 amide bonds. The summed E-state index contributed by atoms with van der Waals surface area (Å²) in [7, 11) is 0. The van der Waals surface area contributed by atoms with E-state index in [1.807, 2.05) is 24.3 Å². The summed E-state index contributed by atoms with van der Waals surface area (Å²) in [5.41, 5.74) is 6.71. The molecule has 1 aromatic heterocycles. The number of carbonyl (C=O) groups is 4. The molecule has 11 nitrogen and oxygen atoms in total. The number of nitrogens with one attached hydrogen (secondary N) is 4. The standard InChI is InChI=1S/C21H27N5O2S.2C2HF3O2/c1-13(20(27)25-12-16-7-8-18(29-16)19(22)23)26-21(28)17-11-15(9-10-24-17)14-5-3-2-4-6-14;2*3-2(4,5)1(6)7/h2-8,13,15,17,24H,9-12H2,1H3,(H3,22,23)(H,25,27)(H,26,28);2*(H,6,7)/t13-,15-,17+;;/m0../s1. The van der Waals surface area contributed by atoms with E-state index >= 15 is 0 Å². The minimum absolute atomic E-state index is 0.0157. The van der Waals surface area contributed by atoms with E-state index in [9.17, 15) is 35.9 Å². The molecule has 8 N–H and O–H groups in total. The Balaban J connectivity index is 0.000000548.